The third-order valence-electron chi connectivity index (χ3n) is 7.98. The number of anilines is 1. The molecule has 0 aromatic heterocycles. The van der Waals surface area contributed by atoms with Gasteiger partial charge < -0.3 is 19.9 Å². The van der Waals surface area contributed by atoms with E-state index in [2.05, 4.69) is 57.6 Å². The predicted octanol–water partition coefficient (Wildman–Crippen LogP) is 4.66. The summed E-state index contributed by atoms with van der Waals surface area (Å²) in [5.41, 5.74) is 3.42. The van der Waals surface area contributed by atoms with Gasteiger partial charge in [-0.3, -0.25) is 4.79 Å². The zero-order valence-electron chi connectivity index (χ0n) is 20.4. The number of nitrogens with one attached hydrogen (secondary N) is 1. The highest BCUT2D eigenvalue weighted by atomic mass is 16.5. The molecule has 5 heteroatoms. The largest absolute Gasteiger partial charge is 0.372 e. The normalized spacial score (nSPS) is 22.4. The highest BCUT2D eigenvalue weighted by Gasteiger charge is 2.42. The van der Waals surface area contributed by atoms with Crippen LogP contribution in [0.4, 0.5) is 5.69 Å². The maximum absolute atomic E-state index is 12.7. The van der Waals surface area contributed by atoms with E-state index in [4.69, 9.17) is 4.74 Å². The molecule has 1 spiro atoms. The predicted molar refractivity (Wildman–Crippen MR) is 137 cm³/mol. The van der Waals surface area contributed by atoms with Gasteiger partial charge in [-0.05, 0) is 87.7 Å². The summed E-state index contributed by atoms with van der Waals surface area (Å²) >= 11 is 0. The Morgan fingerprint density at radius 3 is 2.41 bits per heavy atom. The van der Waals surface area contributed by atoms with Gasteiger partial charge in [0.15, 0.2) is 0 Å². The van der Waals surface area contributed by atoms with Crippen molar-refractivity contribution in [2.24, 2.45) is 0 Å². The first kappa shape index (κ1) is 23.4. The van der Waals surface area contributed by atoms with Crippen molar-refractivity contribution in [1.29, 1.82) is 0 Å². The Hall–Kier alpha value is -2.37. The van der Waals surface area contributed by atoms with Crippen molar-refractivity contribution in [3.8, 4) is 0 Å². The Balaban J connectivity index is 1.02. The molecule has 5 rings (SSSR count). The SMILES string of the molecule is O=C(NCC1CCC2(CCN(CCCc3ccccc3)CC2)O1)c1ccc(N2CCCC2)cc1. The molecule has 2 aromatic carbocycles. The van der Waals surface area contributed by atoms with Gasteiger partial charge in [-0.15, -0.1) is 0 Å². The lowest BCUT2D eigenvalue weighted by Crippen LogP contribution is -2.45. The first-order chi connectivity index (χ1) is 16.7. The summed E-state index contributed by atoms with van der Waals surface area (Å²) in [7, 11) is 0. The average Bonchev–Trinajstić information content (AvgIpc) is 3.56. The molecule has 3 fully saturated rings. The number of likely N-dealkylation sites (tertiary alicyclic amines) is 1. The minimum absolute atomic E-state index is 0.00533. The smallest absolute Gasteiger partial charge is 0.251 e. The maximum Gasteiger partial charge on any atom is 0.251 e. The fraction of sp³-hybridized carbons (Fsp3) is 0.552. The summed E-state index contributed by atoms with van der Waals surface area (Å²) in [6.07, 6.45) is 9.42. The number of rotatable bonds is 8. The molecule has 3 heterocycles. The number of carbonyl (C=O) groups excluding carboxylic acids is 1. The third-order valence-corrected chi connectivity index (χ3v) is 7.98. The van der Waals surface area contributed by atoms with Crippen molar-refractivity contribution < 1.29 is 9.53 Å². The molecule has 2 aromatic rings. The van der Waals surface area contributed by atoms with Gasteiger partial charge in [0.1, 0.15) is 0 Å². The highest BCUT2D eigenvalue weighted by Crippen LogP contribution is 2.38. The summed E-state index contributed by atoms with van der Waals surface area (Å²) in [5, 5.41) is 3.12. The molecule has 0 bridgehead atoms. The van der Waals surface area contributed by atoms with Crippen molar-refractivity contribution in [2.75, 3.05) is 44.2 Å². The topological polar surface area (TPSA) is 44.8 Å². The first-order valence-electron chi connectivity index (χ1n) is 13.3. The lowest BCUT2D eigenvalue weighted by Gasteiger charge is -2.39. The molecule has 1 atom stereocenters. The lowest BCUT2D eigenvalue weighted by molar-refractivity contribution is -0.0754. The molecule has 34 heavy (non-hydrogen) atoms. The number of piperidine rings is 1. The maximum atomic E-state index is 12.7. The Labute approximate surface area is 204 Å². The first-order valence-corrected chi connectivity index (χ1v) is 13.3. The number of hydrogen-bond donors (Lipinski definition) is 1. The molecule has 0 radical (unpaired) electrons. The van der Waals surface area contributed by atoms with Crippen molar-refractivity contribution >= 4 is 11.6 Å². The van der Waals surface area contributed by atoms with Crippen LogP contribution in [0.1, 0.15) is 60.9 Å². The van der Waals surface area contributed by atoms with Gasteiger partial charge in [0, 0.05) is 44.0 Å². The van der Waals surface area contributed by atoms with Crippen LogP contribution in [-0.4, -0.2) is 61.8 Å². The van der Waals surface area contributed by atoms with Crippen LogP contribution < -0.4 is 10.2 Å². The Morgan fingerprint density at radius 2 is 1.68 bits per heavy atom. The van der Waals surface area contributed by atoms with E-state index < -0.39 is 0 Å². The summed E-state index contributed by atoms with van der Waals surface area (Å²) in [6, 6.07) is 18.8. The monoisotopic (exact) mass is 461 g/mol. The molecule has 3 saturated heterocycles. The number of aryl methyl sites for hydroxylation is 1. The second-order valence-corrected chi connectivity index (χ2v) is 10.3. The van der Waals surface area contributed by atoms with E-state index in [0.717, 1.165) is 63.8 Å². The van der Waals surface area contributed by atoms with Gasteiger partial charge in [-0.1, -0.05) is 30.3 Å². The quantitative estimate of drug-likeness (QED) is 0.621. The van der Waals surface area contributed by atoms with Gasteiger partial charge in [-0.25, -0.2) is 0 Å². The van der Waals surface area contributed by atoms with Crippen LogP contribution in [0.2, 0.25) is 0 Å². The standard InChI is InChI=1S/C29H39N3O2/c33-28(25-10-12-26(13-11-25)32-19-4-5-20-32)30-23-27-14-15-29(34-27)16-21-31(22-17-29)18-6-9-24-7-2-1-3-8-24/h1-3,7-8,10-13,27H,4-6,9,14-23H2,(H,30,33). The summed E-state index contributed by atoms with van der Waals surface area (Å²) in [5.74, 6) is 0.00533. The number of ether oxygens (including phenoxy) is 1. The fourth-order valence-electron chi connectivity index (χ4n) is 5.85. The van der Waals surface area contributed by atoms with Gasteiger partial charge in [0.25, 0.3) is 5.91 Å². The van der Waals surface area contributed by atoms with Crippen LogP contribution in [0.25, 0.3) is 0 Å². The van der Waals surface area contributed by atoms with E-state index in [0.29, 0.717) is 6.54 Å². The summed E-state index contributed by atoms with van der Waals surface area (Å²) in [6.45, 7) is 6.26. The Morgan fingerprint density at radius 1 is 0.941 bits per heavy atom. The minimum Gasteiger partial charge on any atom is -0.372 e. The minimum atomic E-state index is 0.00533. The van der Waals surface area contributed by atoms with Crippen LogP contribution in [-0.2, 0) is 11.2 Å². The Kier molecular flexibility index (Phi) is 7.51. The van der Waals surface area contributed by atoms with Crippen LogP contribution in [0.15, 0.2) is 54.6 Å². The number of benzene rings is 2. The summed E-state index contributed by atoms with van der Waals surface area (Å²) < 4.78 is 6.54. The Bertz CT molecular complexity index is 916. The summed E-state index contributed by atoms with van der Waals surface area (Å²) in [4.78, 5) is 17.6. The number of carbonyl (C=O) groups is 1. The van der Waals surface area contributed by atoms with E-state index in [1.54, 1.807) is 0 Å². The van der Waals surface area contributed by atoms with E-state index in [9.17, 15) is 4.79 Å². The van der Waals surface area contributed by atoms with Crippen molar-refractivity contribution in [3.63, 3.8) is 0 Å². The molecule has 1 amide bonds. The second-order valence-electron chi connectivity index (χ2n) is 10.3. The molecule has 0 aliphatic carbocycles. The lowest BCUT2D eigenvalue weighted by atomic mass is 9.88. The molecule has 0 saturated carbocycles. The molecular formula is C29H39N3O2. The van der Waals surface area contributed by atoms with Gasteiger partial charge in [0.2, 0.25) is 0 Å². The molecule has 1 unspecified atom stereocenters. The number of amides is 1. The van der Waals surface area contributed by atoms with Crippen molar-refractivity contribution in [2.45, 2.75) is 63.1 Å². The van der Waals surface area contributed by atoms with E-state index in [1.165, 1.54) is 37.1 Å². The van der Waals surface area contributed by atoms with E-state index in [-0.39, 0.29) is 17.6 Å². The average molecular weight is 462 g/mol. The molecular weight excluding hydrogens is 422 g/mol. The second kappa shape index (κ2) is 10.9. The third kappa shape index (κ3) is 5.81. The van der Waals surface area contributed by atoms with Crippen LogP contribution in [0.3, 0.4) is 0 Å². The van der Waals surface area contributed by atoms with E-state index in [1.807, 2.05) is 12.1 Å². The number of hydrogen-bond acceptors (Lipinski definition) is 4. The highest BCUT2D eigenvalue weighted by molar-refractivity contribution is 5.94. The molecule has 3 aliphatic heterocycles. The zero-order valence-corrected chi connectivity index (χ0v) is 20.4. The van der Waals surface area contributed by atoms with Crippen LogP contribution >= 0.6 is 0 Å². The van der Waals surface area contributed by atoms with Crippen LogP contribution in [0.5, 0.6) is 0 Å². The molecule has 5 nitrogen and oxygen atoms in total. The van der Waals surface area contributed by atoms with Gasteiger partial charge in [-0.2, -0.15) is 0 Å². The zero-order chi connectivity index (χ0) is 23.2. The van der Waals surface area contributed by atoms with Crippen molar-refractivity contribution in [3.05, 3.63) is 65.7 Å². The molecule has 1 N–H and O–H groups in total. The fourth-order valence-corrected chi connectivity index (χ4v) is 5.85. The van der Waals surface area contributed by atoms with Gasteiger partial charge in [0.05, 0.1) is 11.7 Å². The van der Waals surface area contributed by atoms with Crippen LogP contribution in [0, 0.1) is 0 Å². The molecule has 182 valence electrons. The number of nitrogens with zero attached hydrogens (tertiary/aromatic N) is 2. The van der Waals surface area contributed by atoms with Crippen molar-refractivity contribution in [1.82, 2.24) is 10.2 Å². The van der Waals surface area contributed by atoms with E-state index >= 15 is 0 Å². The molecule has 3 aliphatic rings. The van der Waals surface area contributed by atoms with Gasteiger partial charge >= 0.3 is 0 Å².